The van der Waals surface area contributed by atoms with E-state index in [1.807, 2.05) is 68.4 Å². The molecule has 0 atom stereocenters. The van der Waals surface area contributed by atoms with Crippen LogP contribution in [0.3, 0.4) is 0 Å². The molecule has 0 bridgehead atoms. The smallest absolute Gasteiger partial charge is 0.255 e. The van der Waals surface area contributed by atoms with E-state index in [9.17, 15) is 9.90 Å². The van der Waals surface area contributed by atoms with Crippen LogP contribution in [0.15, 0.2) is 65.5 Å². The average Bonchev–Trinajstić information content (AvgIpc) is 3.41. The Morgan fingerprint density at radius 3 is 2.37 bits per heavy atom. The van der Waals surface area contributed by atoms with Gasteiger partial charge in [0.25, 0.3) is 5.56 Å². The van der Waals surface area contributed by atoms with E-state index in [0.29, 0.717) is 29.7 Å². The summed E-state index contributed by atoms with van der Waals surface area (Å²) in [6, 6.07) is 19.2. The molecule has 0 fully saturated rings. The van der Waals surface area contributed by atoms with Crippen LogP contribution in [0.5, 0.6) is 5.75 Å². The molecule has 2 aromatic carbocycles. The lowest BCUT2D eigenvalue weighted by Crippen LogP contribution is -2.21. The first-order chi connectivity index (χ1) is 16.6. The minimum atomic E-state index is -0.243. The molecule has 0 amide bonds. The molecule has 0 unspecified atom stereocenters. The maximum absolute atomic E-state index is 12.9. The van der Waals surface area contributed by atoms with Crippen molar-refractivity contribution in [1.29, 1.82) is 0 Å². The lowest BCUT2D eigenvalue weighted by Gasteiger charge is -2.15. The maximum Gasteiger partial charge on any atom is 0.255 e. The molecule has 8 nitrogen and oxygen atoms in total. The van der Waals surface area contributed by atoms with Gasteiger partial charge in [0.1, 0.15) is 5.75 Å². The van der Waals surface area contributed by atoms with E-state index in [1.54, 1.807) is 4.57 Å². The molecule has 9 heteroatoms. The van der Waals surface area contributed by atoms with Gasteiger partial charge in [-0.05, 0) is 46.0 Å². The van der Waals surface area contributed by atoms with E-state index >= 15 is 0 Å². The van der Waals surface area contributed by atoms with Crippen molar-refractivity contribution in [2.24, 2.45) is 0 Å². The van der Waals surface area contributed by atoms with E-state index in [0.717, 1.165) is 40.1 Å². The summed E-state index contributed by atoms with van der Waals surface area (Å²) in [5.41, 5.74) is 6.08. The number of tetrazole rings is 1. The van der Waals surface area contributed by atoms with Gasteiger partial charge in [0.2, 0.25) is 0 Å². The zero-order chi connectivity index (χ0) is 23.7. The number of nitrogens with zero attached hydrogens (tertiary/aromatic N) is 5. The van der Waals surface area contributed by atoms with Crippen LogP contribution in [-0.4, -0.2) is 35.3 Å². The van der Waals surface area contributed by atoms with Crippen molar-refractivity contribution >= 4 is 23.3 Å². The summed E-state index contributed by atoms with van der Waals surface area (Å²) in [6.07, 6.45) is 1.42. The number of aromatic nitrogens is 6. The van der Waals surface area contributed by atoms with E-state index in [-0.39, 0.29) is 23.7 Å². The lowest BCUT2D eigenvalue weighted by atomic mass is 9.98. The fourth-order valence-electron chi connectivity index (χ4n) is 4.30. The third kappa shape index (κ3) is 4.52. The van der Waals surface area contributed by atoms with Gasteiger partial charge in [0, 0.05) is 17.3 Å². The van der Waals surface area contributed by atoms with Crippen LogP contribution < -0.4 is 5.56 Å². The predicted octanol–water partition coefficient (Wildman–Crippen LogP) is 4.54. The van der Waals surface area contributed by atoms with Gasteiger partial charge >= 0.3 is 0 Å². The van der Waals surface area contributed by atoms with Crippen molar-refractivity contribution in [1.82, 2.24) is 30.2 Å². The topological polar surface area (TPSA) is 110 Å². The zero-order valence-corrected chi connectivity index (χ0v) is 20.2. The standard InChI is InChI=1S/C26H24N6O2.ClH/c1-3-18-13-22-25(21(4-2)27-18)23(33)14-24(34)32(22)15-16-9-11-17(12-10-16)19-7-5-6-8-20(19)26-28-30-31-29-26;/h5-14,33H,3-4,15H2,1-2H3,(H,28,29,30,31);1H. The molecular formula is C26H25ClN6O2. The number of rotatable bonds is 6. The summed E-state index contributed by atoms with van der Waals surface area (Å²) in [5, 5.41) is 25.4. The van der Waals surface area contributed by atoms with Gasteiger partial charge in [-0.25, -0.2) is 5.10 Å². The van der Waals surface area contributed by atoms with Crippen molar-refractivity contribution in [3.8, 4) is 28.3 Å². The monoisotopic (exact) mass is 488 g/mol. The summed E-state index contributed by atoms with van der Waals surface area (Å²) in [5.74, 6) is 0.589. The number of aromatic hydroxyl groups is 1. The van der Waals surface area contributed by atoms with E-state index in [1.165, 1.54) is 6.07 Å². The first kappa shape index (κ1) is 24.1. The minimum Gasteiger partial charge on any atom is -0.507 e. The van der Waals surface area contributed by atoms with Crippen LogP contribution in [0.25, 0.3) is 33.4 Å². The number of benzene rings is 2. The van der Waals surface area contributed by atoms with Gasteiger partial charge in [-0.3, -0.25) is 9.78 Å². The van der Waals surface area contributed by atoms with Crippen LogP contribution in [0.4, 0.5) is 0 Å². The van der Waals surface area contributed by atoms with Gasteiger partial charge in [-0.15, -0.1) is 17.5 Å². The number of nitrogens with one attached hydrogen (secondary N) is 1. The first-order valence-electron chi connectivity index (χ1n) is 11.3. The van der Waals surface area contributed by atoms with Crippen molar-refractivity contribution in [3.63, 3.8) is 0 Å². The van der Waals surface area contributed by atoms with Crippen LogP contribution in [-0.2, 0) is 19.4 Å². The molecule has 0 saturated heterocycles. The number of H-pyrrole nitrogens is 1. The molecule has 0 aliphatic carbocycles. The van der Waals surface area contributed by atoms with Crippen LogP contribution in [0.2, 0.25) is 0 Å². The normalized spacial score (nSPS) is 10.9. The summed E-state index contributed by atoms with van der Waals surface area (Å²) in [6.45, 7) is 4.42. The number of pyridine rings is 2. The maximum atomic E-state index is 12.9. The Kier molecular flexibility index (Phi) is 6.93. The zero-order valence-electron chi connectivity index (χ0n) is 19.4. The fraction of sp³-hybridized carbons (Fsp3) is 0.192. The number of halogens is 1. The Morgan fingerprint density at radius 1 is 0.971 bits per heavy atom. The fourth-order valence-corrected chi connectivity index (χ4v) is 4.30. The quantitative estimate of drug-likeness (QED) is 0.363. The van der Waals surface area contributed by atoms with Crippen LogP contribution in [0.1, 0.15) is 30.8 Å². The van der Waals surface area contributed by atoms with Crippen molar-refractivity contribution < 1.29 is 5.11 Å². The Balaban J connectivity index is 0.00000289. The second kappa shape index (κ2) is 10.1. The Hall–Kier alpha value is -4.04. The SMILES string of the molecule is CCc1cc2c(c(O)cc(=O)n2Cc2ccc(-c3ccccc3-c3nnn[nH]3)cc2)c(CC)n1.Cl. The van der Waals surface area contributed by atoms with Gasteiger partial charge in [-0.2, -0.15) is 0 Å². The van der Waals surface area contributed by atoms with Crippen molar-refractivity contribution in [2.75, 3.05) is 0 Å². The highest BCUT2D eigenvalue weighted by molar-refractivity contribution is 5.88. The van der Waals surface area contributed by atoms with Gasteiger partial charge < -0.3 is 9.67 Å². The summed E-state index contributed by atoms with van der Waals surface area (Å²) < 4.78 is 1.71. The van der Waals surface area contributed by atoms with Crippen molar-refractivity contribution in [3.05, 3.63) is 88.0 Å². The molecule has 35 heavy (non-hydrogen) atoms. The summed E-state index contributed by atoms with van der Waals surface area (Å²) in [7, 11) is 0. The number of aromatic amines is 1. The van der Waals surface area contributed by atoms with E-state index < -0.39 is 0 Å². The Morgan fingerprint density at radius 2 is 1.71 bits per heavy atom. The molecule has 5 aromatic rings. The summed E-state index contributed by atoms with van der Waals surface area (Å²) in [4.78, 5) is 17.5. The minimum absolute atomic E-state index is 0. The third-order valence-electron chi connectivity index (χ3n) is 6.03. The van der Waals surface area contributed by atoms with Gasteiger partial charge in [0.05, 0.1) is 23.1 Å². The molecule has 5 rings (SSSR count). The molecule has 3 heterocycles. The van der Waals surface area contributed by atoms with E-state index in [2.05, 4.69) is 25.6 Å². The second-order valence-electron chi connectivity index (χ2n) is 8.11. The molecule has 0 spiro atoms. The highest BCUT2D eigenvalue weighted by atomic mass is 35.5. The summed E-state index contributed by atoms with van der Waals surface area (Å²) >= 11 is 0. The molecule has 2 N–H and O–H groups in total. The molecule has 0 aliphatic heterocycles. The molecule has 0 saturated carbocycles. The second-order valence-corrected chi connectivity index (χ2v) is 8.11. The predicted molar refractivity (Wildman–Crippen MR) is 138 cm³/mol. The number of fused-ring (bicyclic) bond motifs is 1. The highest BCUT2D eigenvalue weighted by Gasteiger charge is 2.15. The highest BCUT2D eigenvalue weighted by Crippen LogP contribution is 2.30. The molecule has 0 radical (unpaired) electrons. The average molecular weight is 489 g/mol. The van der Waals surface area contributed by atoms with Crippen molar-refractivity contribution in [2.45, 2.75) is 33.2 Å². The first-order valence-corrected chi connectivity index (χ1v) is 11.3. The lowest BCUT2D eigenvalue weighted by molar-refractivity contribution is 0.478. The Labute approximate surface area is 208 Å². The molecule has 178 valence electrons. The Bertz CT molecular complexity index is 1530. The molecule has 3 aromatic heterocycles. The van der Waals surface area contributed by atoms with Gasteiger partial charge in [0.15, 0.2) is 5.82 Å². The number of hydrogen-bond donors (Lipinski definition) is 2. The van der Waals surface area contributed by atoms with Crippen LogP contribution in [0, 0.1) is 0 Å². The molecular weight excluding hydrogens is 464 g/mol. The van der Waals surface area contributed by atoms with Crippen LogP contribution >= 0.6 is 12.4 Å². The largest absolute Gasteiger partial charge is 0.507 e. The van der Waals surface area contributed by atoms with Gasteiger partial charge in [-0.1, -0.05) is 62.4 Å². The third-order valence-corrected chi connectivity index (χ3v) is 6.03. The number of aryl methyl sites for hydroxylation is 2. The molecule has 0 aliphatic rings. The van der Waals surface area contributed by atoms with E-state index in [4.69, 9.17) is 0 Å². The number of hydrogen-bond acceptors (Lipinski definition) is 6.